The first kappa shape index (κ1) is 23.6. The minimum atomic E-state index is 1.15. The molecule has 0 aliphatic carbocycles. The van der Waals surface area contributed by atoms with E-state index in [1.165, 1.54) is 6.42 Å². The highest BCUT2D eigenvalue weighted by atomic mass is 13.7. The molecule has 0 rings (SSSR count). The lowest BCUT2D eigenvalue weighted by molar-refractivity contribution is 0.961. The Morgan fingerprint density at radius 3 is 1.40 bits per heavy atom. The van der Waals surface area contributed by atoms with Crippen LogP contribution in [0.2, 0.25) is 0 Å². The largest absolute Gasteiger partial charge is 0.106 e. The Morgan fingerprint density at radius 2 is 1.40 bits per heavy atom. The second-order valence-corrected chi connectivity index (χ2v) is 2.46. The fourth-order valence-corrected chi connectivity index (χ4v) is 0.440. The maximum atomic E-state index is 3.55. The van der Waals surface area contributed by atoms with Crippen molar-refractivity contribution in [1.29, 1.82) is 0 Å². The molecule has 90 valence electrons. The number of rotatable bonds is 3. The van der Waals surface area contributed by atoms with E-state index in [9.17, 15) is 0 Å². The smallest absolute Gasteiger partial charge is 0.0356 e. The van der Waals surface area contributed by atoms with Crippen LogP contribution >= 0.6 is 0 Å². The summed E-state index contributed by atoms with van der Waals surface area (Å²) in [4.78, 5) is 0. The predicted molar refractivity (Wildman–Crippen MR) is 77.3 cm³/mol. The van der Waals surface area contributed by atoms with E-state index in [1.807, 2.05) is 19.9 Å². The second-order valence-electron chi connectivity index (χ2n) is 2.46. The van der Waals surface area contributed by atoms with Crippen molar-refractivity contribution >= 4 is 0 Å². The lowest BCUT2D eigenvalue weighted by Crippen LogP contribution is -1.52. The topological polar surface area (TPSA) is 0 Å². The van der Waals surface area contributed by atoms with E-state index in [0.717, 1.165) is 12.8 Å². The summed E-state index contributed by atoms with van der Waals surface area (Å²) in [6.45, 7) is 21.1. The zero-order valence-corrected chi connectivity index (χ0v) is 11.3. The molecule has 0 fully saturated rings. The van der Waals surface area contributed by atoms with E-state index in [2.05, 4.69) is 52.3 Å². The maximum absolute atomic E-state index is 3.55. The van der Waals surface area contributed by atoms with Crippen molar-refractivity contribution < 1.29 is 0 Å². The van der Waals surface area contributed by atoms with Crippen LogP contribution in [0.3, 0.4) is 0 Å². The zero-order chi connectivity index (χ0) is 12.9. The van der Waals surface area contributed by atoms with E-state index in [0.29, 0.717) is 0 Å². The van der Waals surface area contributed by atoms with E-state index in [1.54, 1.807) is 6.08 Å². The highest BCUT2D eigenvalue weighted by molar-refractivity contribution is 4.73. The number of hydrogen-bond acceptors (Lipinski definition) is 0. The van der Waals surface area contributed by atoms with Crippen LogP contribution in [-0.2, 0) is 0 Å². The van der Waals surface area contributed by atoms with Gasteiger partial charge in [0.05, 0.1) is 0 Å². The van der Waals surface area contributed by atoms with Crippen molar-refractivity contribution in [2.24, 2.45) is 0 Å². The lowest BCUT2D eigenvalue weighted by atomic mass is 10.3. The first-order valence-electron chi connectivity index (χ1n) is 5.54. The van der Waals surface area contributed by atoms with Crippen LogP contribution < -0.4 is 0 Å². The van der Waals surface area contributed by atoms with Gasteiger partial charge in [0, 0.05) is 0 Å². The molecule has 0 spiro atoms. The molecule has 0 bridgehead atoms. The molecule has 0 aliphatic heterocycles. The van der Waals surface area contributed by atoms with E-state index < -0.39 is 0 Å². The van der Waals surface area contributed by atoms with Crippen LogP contribution in [0.25, 0.3) is 0 Å². The van der Waals surface area contributed by atoms with Crippen molar-refractivity contribution in [1.82, 2.24) is 0 Å². The molecule has 0 aromatic heterocycles. The van der Waals surface area contributed by atoms with Gasteiger partial charge < -0.3 is 0 Å². The van der Waals surface area contributed by atoms with Crippen LogP contribution in [0, 0.1) is 0 Å². The third-order valence-electron chi connectivity index (χ3n) is 0.964. The van der Waals surface area contributed by atoms with Crippen LogP contribution in [0.1, 0.15) is 47.0 Å². The molecule has 0 aliphatic rings. The minimum Gasteiger partial charge on any atom is -0.106 e. The first-order chi connectivity index (χ1) is 7.24. The molecule has 0 aromatic carbocycles. The molecule has 0 heterocycles. The first-order valence-corrected chi connectivity index (χ1v) is 5.54. The van der Waals surface area contributed by atoms with Crippen molar-refractivity contribution in [3.8, 4) is 0 Å². The monoisotopic (exact) mass is 210 g/mol. The van der Waals surface area contributed by atoms with Crippen molar-refractivity contribution in [3.05, 3.63) is 50.6 Å². The summed E-state index contributed by atoms with van der Waals surface area (Å²) in [6, 6.07) is 0. The Balaban J connectivity index is -0.0000000574. The van der Waals surface area contributed by atoms with Gasteiger partial charge in [0.25, 0.3) is 0 Å². The van der Waals surface area contributed by atoms with Gasteiger partial charge in [-0.3, -0.25) is 0 Å². The Morgan fingerprint density at radius 1 is 1.00 bits per heavy atom. The summed E-state index contributed by atoms with van der Waals surface area (Å²) < 4.78 is 0. The fourth-order valence-electron chi connectivity index (χ4n) is 0.440. The summed E-state index contributed by atoms with van der Waals surface area (Å²) in [7, 11) is 0. The van der Waals surface area contributed by atoms with Gasteiger partial charge in [-0.15, -0.1) is 26.3 Å². The molecule has 15 heavy (non-hydrogen) atoms. The molecule has 0 unspecified atom stereocenters. The zero-order valence-electron chi connectivity index (χ0n) is 11.3. The maximum Gasteiger partial charge on any atom is -0.0356 e. The van der Waals surface area contributed by atoms with Crippen LogP contribution in [-0.4, -0.2) is 0 Å². The fraction of sp³-hybridized carbons (Fsp3) is 0.467. The third kappa shape index (κ3) is 178. The molecule has 0 N–H and O–H groups in total. The molecular formula is C15H30. The Kier molecular flexibility index (Phi) is 82.2. The average Bonchev–Trinajstić information content (AvgIpc) is 2.25. The minimum absolute atomic E-state index is 1.15. The van der Waals surface area contributed by atoms with Crippen molar-refractivity contribution in [2.45, 2.75) is 47.0 Å². The summed E-state index contributed by atoms with van der Waals surface area (Å²) in [6.07, 6.45) is 11.4. The van der Waals surface area contributed by atoms with Crippen molar-refractivity contribution in [2.75, 3.05) is 0 Å². The summed E-state index contributed by atoms with van der Waals surface area (Å²) in [5.74, 6) is 0. The summed E-state index contributed by atoms with van der Waals surface area (Å²) >= 11 is 0. The second kappa shape index (κ2) is 52.2. The van der Waals surface area contributed by atoms with Crippen LogP contribution in [0.15, 0.2) is 50.6 Å². The van der Waals surface area contributed by atoms with Gasteiger partial charge in [-0.2, -0.15) is 0 Å². The van der Waals surface area contributed by atoms with Crippen molar-refractivity contribution in [3.63, 3.8) is 0 Å². The number of hydrogen-bond donors (Lipinski definition) is 0. The van der Waals surface area contributed by atoms with Gasteiger partial charge in [0.1, 0.15) is 0 Å². The predicted octanol–water partition coefficient (Wildman–Crippen LogP) is 5.94. The Bertz CT molecular complexity index is 109. The van der Waals surface area contributed by atoms with Gasteiger partial charge in [-0.25, -0.2) is 0 Å². The normalized spacial score (nSPS) is 6.93. The van der Waals surface area contributed by atoms with E-state index in [-0.39, 0.29) is 0 Å². The van der Waals surface area contributed by atoms with Crippen LogP contribution in [0.5, 0.6) is 0 Å². The molecular weight excluding hydrogens is 180 g/mol. The Labute approximate surface area is 98.1 Å². The molecule has 0 aromatic rings. The van der Waals surface area contributed by atoms with Gasteiger partial charge in [-0.05, 0) is 26.7 Å². The quantitative estimate of drug-likeness (QED) is 0.506. The number of allylic oxidation sites excluding steroid dienone is 4. The molecule has 0 saturated heterocycles. The summed E-state index contributed by atoms with van der Waals surface area (Å²) in [5, 5.41) is 0. The SMILES string of the molecule is C=C.C=CC.C=CCCC.CC=CCC. The highest BCUT2D eigenvalue weighted by Crippen LogP contribution is 1.82. The standard InChI is InChI=1S/2C5H10.C3H6.C2H4/c2*1-3-5-4-2;1-3-2;1-2/h3,5H,4H2,1-2H3;3H,1,4-5H2,2H3;3H,1H2,2H3;1-2H2. The molecule has 0 heteroatoms. The average molecular weight is 210 g/mol. The van der Waals surface area contributed by atoms with Gasteiger partial charge in [-0.1, -0.05) is 44.6 Å². The molecule has 0 atom stereocenters. The van der Waals surface area contributed by atoms with Gasteiger partial charge in [0.15, 0.2) is 0 Å². The highest BCUT2D eigenvalue weighted by Gasteiger charge is 1.61. The molecule has 0 radical (unpaired) electrons. The molecule has 0 nitrogen and oxygen atoms in total. The molecule has 0 saturated carbocycles. The molecule has 0 amide bonds. The Hall–Kier alpha value is -1.04. The van der Waals surface area contributed by atoms with E-state index in [4.69, 9.17) is 0 Å². The third-order valence-corrected chi connectivity index (χ3v) is 0.964. The van der Waals surface area contributed by atoms with E-state index >= 15 is 0 Å². The van der Waals surface area contributed by atoms with Gasteiger partial charge in [0.2, 0.25) is 0 Å². The number of unbranched alkanes of at least 4 members (excludes halogenated alkanes) is 1. The summed E-state index contributed by atoms with van der Waals surface area (Å²) in [5.41, 5.74) is 0. The van der Waals surface area contributed by atoms with Gasteiger partial charge >= 0.3 is 0 Å². The van der Waals surface area contributed by atoms with Crippen LogP contribution in [0.4, 0.5) is 0 Å². The lowest BCUT2D eigenvalue weighted by Gasteiger charge is -1.72.